The normalized spacial score (nSPS) is 11.9. The molecule has 0 saturated heterocycles. The van der Waals surface area contributed by atoms with Crippen LogP contribution in [0.3, 0.4) is 0 Å². The van der Waals surface area contributed by atoms with Gasteiger partial charge in [-0.2, -0.15) is 0 Å². The molecule has 2 rings (SSSR count). The lowest BCUT2D eigenvalue weighted by Gasteiger charge is -2.30. The number of halogens is 1. The topological polar surface area (TPSA) is 58.6 Å². The molecule has 0 radical (unpaired) electrons. The smallest absolute Gasteiger partial charge is 0.274 e. The molecule has 7 heteroatoms. The molecule has 2 heterocycles. The maximum Gasteiger partial charge on any atom is 0.274 e. The molecule has 0 aromatic carbocycles. The minimum Gasteiger partial charge on any atom is -0.475 e. The molecule has 32 heavy (non-hydrogen) atoms. The van der Waals surface area contributed by atoms with E-state index in [1.165, 1.54) is 6.20 Å². The van der Waals surface area contributed by atoms with E-state index in [0.29, 0.717) is 29.7 Å². The van der Waals surface area contributed by atoms with Gasteiger partial charge in [0.2, 0.25) is 5.88 Å². The van der Waals surface area contributed by atoms with Crippen LogP contribution in [-0.2, 0) is 0 Å². The van der Waals surface area contributed by atoms with Crippen LogP contribution in [0.25, 0.3) is 0 Å². The average molecular weight is 455 g/mol. The lowest BCUT2D eigenvalue weighted by Crippen LogP contribution is -2.42. The van der Waals surface area contributed by atoms with Crippen LogP contribution >= 0.6 is 11.6 Å². The summed E-state index contributed by atoms with van der Waals surface area (Å²) in [5.74, 6) is 6.45. The first kappa shape index (κ1) is 25.2. The van der Waals surface area contributed by atoms with Crippen LogP contribution in [0.1, 0.15) is 51.0 Å². The predicted molar refractivity (Wildman–Crippen MR) is 130 cm³/mol. The van der Waals surface area contributed by atoms with E-state index in [1.807, 2.05) is 50.9 Å². The van der Waals surface area contributed by atoms with Crippen molar-refractivity contribution in [2.45, 2.75) is 46.6 Å². The molecule has 1 atom stereocenters. The summed E-state index contributed by atoms with van der Waals surface area (Å²) in [6.45, 7) is 8.80. The number of amides is 1. The van der Waals surface area contributed by atoms with Crippen molar-refractivity contribution >= 4 is 23.2 Å². The van der Waals surface area contributed by atoms with Crippen LogP contribution < -0.4 is 9.64 Å². The summed E-state index contributed by atoms with van der Waals surface area (Å²) < 4.78 is 5.76. The number of anilines is 1. The Hall–Kier alpha value is -3.04. The van der Waals surface area contributed by atoms with Crippen molar-refractivity contribution in [2.75, 3.05) is 25.1 Å². The molecule has 0 aliphatic rings. The lowest BCUT2D eigenvalue weighted by atomic mass is 10.2. The Morgan fingerprint density at radius 2 is 2.03 bits per heavy atom. The molecular formula is C25H31ClN4O2. The standard InChI is InChI=1S/C25H31ClN4O2/c1-6-9-10-12-21(7-2)29(5)22-13-11-16-27-24(22)25(31)30(8-3)19(4)18-32-23-15-14-20(26)17-28-23/h11-17,19H,6-8,18H2,1-5H3/b21-12-. The van der Waals surface area contributed by atoms with E-state index in [1.54, 1.807) is 23.2 Å². The number of hydrogen-bond acceptors (Lipinski definition) is 5. The molecule has 1 unspecified atom stereocenters. The lowest BCUT2D eigenvalue weighted by molar-refractivity contribution is 0.0641. The Balaban J connectivity index is 2.22. The highest BCUT2D eigenvalue weighted by Crippen LogP contribution is 2.24. The summed E-state index contributed by atoms with van der Waals surface area (Å²) in [5.41, 5.74) is 2.16. The van der Waals surface area contributed by atoms with Crippen LogP contribution in [0, 0.1) is 11.8 Å². The molecule has 2 aromatic heterocycles. The van der Waals surface area contributed by atoms with Crippen LogP contribution in [0.15, 0.2) is 48.4 Å². The van der Waals surface area contributed by atoms with E-state index < -0.39 is 0 Å². The number of aromatic nitrogens is 2. The Morgan fingerprint density at radius 1 is 1.25 bits per heavy atom. The fourth-order valence-electron chi connectivity index (χ4n) is 3.19. The Morgan fingerprint density at radius 3 is 2.66 bits per heavy atom. The summed E-state index contributed by atoms with van der Waals surface area (Å²) >= 11 is 5.87. The third-order valence-corrected chi connectivity index (χ3v) is 5.19. The Bertz CT molecular complexity index is 979. The molecule has 0 bridgehead atoms. The van der Waals surface area contributed by atoms with Gasteiger partial charge in [-0.05, 0) is 38.5 Å². The van der Waals surface area contributed by atoms with Gasteiger partial charge in [-0.1, -0.05) is 37.3 Å². The van der Waals surface area contributed by atoms with Crippen LogP contribution in [0.4, 0.5) is 5.69 Å². The molecule has 0 aliphatic heterocycles. The number of likely N-dealkylation sites (N-methyl/N-ethyl adjacent to an activating group) is 1. The molecule has 0 N–H and O–H groups in total. The molecule has 1 amide bonds. The van der Waals surface area contributed by atoms with Crippen molar-refractivity contribution in [3.63, 3.8) is 0 Å². The number of hydrogen-bond donors (Lipinski definition) is 0. The number of carbonyl (C=O) groups excluding carboxylic acids is 1. The summed E-state index contributed by atoms with van der Waals surface area (Å²) in [6.07, 6.45) is 6.66. The molecule has 2 aromatic rings. The quantitative estimate of drug-likeness (QED) is 0.487. The third kappa shape index (κ3) is 6.73. The predicted octanol–water partition coefficient (Wildman–Crippen LogP) is 5.20. The summed E-state index contributed by atoms with van der Waals surface area (Å²) in [4.78, 5) is 25.8. The van der Waals surface area contributed by atoms with E-state index >= 15 is 0 Å². The van der Waals surface area contributed by atoms with E-state index in [-0.39, 0.29) is 11.9 Å². The number of allylic oxidation sites excluding steroid dienone is 2. The molecule has 0 fully saturated rings. The highest BCUT2D eigenvalue weighted by Gasteiger charge is 2.25. The largest absolute Gasteiger partial charge is 0.475 e. The van der Waals surface area contributed by atoms with Crippen molar-refractivity contribution in [3.05, 3.63) is 59.1 Å². The minimum atomic E-state index is -0.179. The first-order chi connectivity index (χ1) is 15.4. The van der Waals surface area contributed by atoms with Crippen molar-refractivity contribution in [3.8, 4) is 17.7 Å². The highest BCUT2D eigenvalue weighted by atomic mass is 35.5. The molecule has 0 spiro atoms. The Kier molecular flexibility index (Phi) is 10.0. The highest BCUT2D eigenvalue weighted by molar-refractivity contribution is 6.30. The van der Waals surface area contributed by atoms with Crippen molar-refractivity contribution in [1.29, 1.82) is 0 Å². The summed E-state index contributed by atoms with van der Waals surface area (Å²) in [6, 6.07) is 6.99. The van der Waals surface area contributed by atoms with E-state index in [4.69, 9.17) is 16.3 Å². The molecule has 0 saturated carbocycles. The third-order valence-electron chi connectivity index (χ3n) is 4.97. The van der Waals surface area contributed by atoms with E-state index in [0.717, 1.165) is 24.2 Å². The molecule has 0 aliphatic carbocycles. The number of rotatable bonds is 9. The Labute approximate surface area is 196 Å². The van der Waals surface area contributed by atoms with Gasteiger partial charge in [0.15, 0.2) is 5.69 Å². The fraction of sp³-hybridized carbons (Fsp3) is 0.400. The molecule has 170 valence electrons. The maximum atomic E-state index is 13.5. The van der Waals surface area contributed by atoms with Gasteiger partial charge in [-0.25, -0.2) is 9.97 Å². The van der Waals surface area contributed by atoms with E-state index in [9.17, 15) is 4.79 Å². The zero-order valence-corrected chi connectivity index (χ0v) is 20.2. The number of carbonyl (C=O) groups is 1. The average Bonchev–Trinajstić information content (AvgIpc) is 2.81. The van der Waals surface area contributed by atoms with Gasteiger partial charge >= 0.3 is 0 Å². The van der Waals surface area contributed by atoms with Gasteiger partial charge < -0.3 is 14.5 Å². The molecule has 6 nitrogen and oxygen atoms in total. The van der Waals surface area contributed by atoms with E-state index in [2.05, 4.69) is 28.7 Å². The van der Waals surface area contributed by atoms with Gasteiger partial charge in [-0.3, -0.25) is 4.79 Å². The SMILES string of the molecule is CCC#C/C=C(/CC)N(C)c1cccnc1C(=O)N(CC)C(C)COc1ccc(Cl)cn1. The van der Waals surface area contributed by atoms with Crippen molar-refractivity contribution in [1.82, 2.24) is 14.9 Å². The van der Waals surface area contributed by atoms with Gasteiger partial charge in [0.1, 0.15) is 6.61 Å². The van der Waals surface area contributed by atoms with Gasteiger partial charge in [0.05, 0.1) is 16.8 Å². The second-order valence-corrected chi connectivity index (χ2v) is 7.60. The van der Waals surface area contributed by atoms with Crippen LogP contribution in [0.5, 0.6) is 5.88 Å². The first-order valence-corrected chi connectivity index (χ1v) is 11.2. The first-order valence-electron chi connectivity index (χ1n) is 10.8. The summed E-state index contributed by atoms with van der Waals surface area (Å²) in [7, 11) is 1.94. The summed E-state index contributed by atoms with van der Waals surface area (Å²) in [5, 5.41) is 0.545. The number of nitrogens with zero attached hydrogens (tertiary/aromatic N) is 4. The van der Waals surface area contributed by atoms with Crippen molar-refractivity contribution in [2.24, 2.45) is 0 Å². The number of ether oxygens (including phenoxy) is 1. The maximum absolute atomic E-state index is 13.5. The van der Waals surface area contributed by atoms with Crippen molar-refractivity contribution < 1.29 is 9.53 Å². The zero-order chi connectivity index (χ0) is 23.5. The van der Waals surface area contributed by atoms with Crippen LogP contribution in [-0.4, -0.2) is 47.0 Å². The molecular weight excluding hydrogens is 424 g/mol. The second kappa shape index (κ2) is 12.7. The number of pyridine rings is 2. The minimum absolute atomic E-state index is 0.148. The monoisotopic (exact) mass is 454 g/mol. The zero-order valence-electron chi connectivity index (χ0n) is 19.4. The van der Waals surface area contributed by atoms with Gasteiger partial charge in [0.25, 0.3) is 5.91 Å². The van der Waals surface area contributed by atoms with Gasteiger partial charge in [0, 0.05) is 50.2 Å². The second-order valence-electron chi connectivity index (χ2n) is 7.16. The van der Waals surface area contributed by atoms with Crippen LogP contribution in [0.2, 0.25) is 5.02 Å². The fourth-order valence-corrected chi connectivity index (χ4v) is 3.31. The van der Waals surface area contributed by atoms with Gasteiger partial charge in [-0.15, -0.1) is 0 Å².